The first-order valence-electron chi connectivity index (χ1n) is 5.65. The number of rotatable bonds is 3. The van der Waals surface area contributed by atoms with Crippen molar-refractivity contribution in [2.45, 2.75) is 26.8 Å². The first-order valence-corrected chi connectivity index (χ1v) is 6.03. The summed E-state index contributed by atoms with van der Waals surface area (Å²) >= 11 is 6.17. The third-order valence-electron chi connectivity index (χ3n) is 2.99. The van der Waals surface area contributed by atoms with Gasteiger partial charge in [-0.15, -0.1) is 0 Å². The zero-order chi connectivity index (χ0) is 11.7. The van der Waals surface area contributed by atoms with Crippen molar-refractivity contribution >= 4 is 22.5 Å². The van der Waals surface area contributed by atoms with Crippen molar-refractivity contribution in [1.29, 1.82) is 0 Å². The number of halogens is 1. The van der Waals surface area contributed by atoms with Gasteiger partial charge in [0.1, 0.15) is 0 Å². The third-order valence-corrected chi connectivity index (χ3v) is 3.40. The minimum atomic E-state index is 0.651. The molecule has 2 N–H and O–H groups in total. The van der Waals surface area contributed by atoms with E-state index in [0.717, 1.165) is 23.6 Å². The number of hydrogen-bond acceptors (Lipinski definition) is 1. The Morgan fingerprint density at radius 2 is 2.12 bits per heavy atom. The van der Waals surface area contributed by atoms with Gasteiger partial charge in [0.2, 0.25) is 0 Å². The maximum Gasteiger partial charge on any atom is 0.0498 e. The molecule has 86 valence electrons. The first-order chi connectivity index (χ1) is 7.67. The summed E-state index contributed by atoms with van der Waals surface area (Å²) in [5, 5.41) is 2.13. The Bertz CT molecular complexity index is 514. The average molecular weight is 237 g/mol. The second-order valence-electron chi connectivity index (χ2n) is 4.11. The highest BCUT2D eigenvalue weighted by molar-refractivity contribution is 6.32. The number of hydrogen-bond donors (Lipinski definition) is 1. The van der Waals surface area contributed by atoms with E-state index < -0.39 is 0 Å². The fourth-order valence-electron chi connectivity index (χ4n) is 2.10. The minimum Gasteiger partial charge on any atom is -0.346 e. The summed E-state index contributed by atoms with van der Waals surface area (Å²) in [6.45, 7) is 5.71. The maximum atomic E-state index is 6.17. The van der Waals surface area contributed by atoms with Crippen molar-refractivity contribution in [3.63, 3.8) is 0 Å². The molecule has 0 radical (unpaired) electrons. The van der Waals surface area contributed by atoms with Gasteiger partial charge in [-0.1, -0.05) is 18.5 Å². The lowest BCUT2D eigenvalue weighted by atomic mass is 10.1. The van der Waals surface area contributed by atoms with E-state index in [-0.39, 0.29) is 0 Å². The van der Waals surface area contributed by atoms with E-state index in [1.165, 1.54) is 16.5 Å². The Hall–Kier alpha value is -0.990. The van der Waals surface area contributed by atoms with E-state index >= 15 is 0 Å². The Balaban J connectivity index is 2.69. The van der Waals surface area contributed by atoms with Crippen LogP contribution in [0.4, 0.5) is 0 Å². The standard InChI is InChI=1S/C13H17ClN2/c1-3-10-8-16(5-4-15)13-7-12(14)9(2)6-11(10)13/h6-8H,3-5,15H2,1-2H3. The molecule has 1 aromatic heterocycles. The molecular formula is C13H17ClN2. The molecular weight excluding hydrogens is 220 g/mol. The van der Waals surface area contributed by atoms with E-state index in [1.807, 2.05) is 13.0 Å². The van der Waals surface area contributed by atoms with Crippen molar-refractivity contribution in [1.82, 2.24) is 4.57 Å². The molecule has 0 aliphatic carbocycles. The van der Waals surface area contributed by atoms with Crippen LogP contribution in [0.1, 0.15) is 18.1 Å². The topological polar surface area (TPSA) is 30.9 Å². The summed E-state index contributed by atoms with van der Waals surface area (Å²) in [5.74, 6) is 0. The molecule has 0 atom stereocenters. The normalized spacial score (nSPS) is 11.2. The zero-order valence-electron chi connectivity index (χ0n) is 9.76. The Kier molecular flexibility index (Phi) is 3.22. The van der Waals surface area contributed by atoms with E-state index in [0.29, 0.717) is 6.54 Å². The summed E-state index contributed by atoms with van der Waals surface area (Å²) in [6.07, 6.45) is 3.22. The van der Waals surface area contributed by atoms with Gasteiger partial charge in [-0.3, -0.25) is 0 Å². The van der Waals surface area contributed by atoms with Gasteiger partial charge >= 0.3 is 0 Å². The molecule has 16 heavy (non-hydrogen) atoms. The molecule has 2 aromatic rings. The largest absolute Gasteiger partial charge is 0.346 e. The lowest BCUT2D eigenvalue weighted by molar-refractivity contribution is 0.732. The summed E-state index contributed by atoms with van der Waals surface area (Å²) in [6, 6.07) is 4.21. The summed E-state index contributed by atoms with van der Waals surface area (Å²) < 4.78 is 2.19. The molecule has 3 heteroatoms. The van der Waals surface area contributed by atoms with Crippen molar-refractivity contribution in [2.24, 2.45) is 5.73 Å². The number of nitrogens with two attached hydrogens (primary N) is 1. The molecule has 1 heterocycles. The highest BCUT2D eigenvalue weighted by atomic mass is 35.5. The van der Waals surface area contributed by atoms with Gasteiger partial charge in [-0.25, -0.2) is 0 Å². The highest BCUT2D eigenvalue weighted by Crippen LogP contribution is 2.27. The van der Waals surface area contributed by atoms with Crippen LogP contribution >= 0.6 is 11.6 Å². The smallest absolute Gasteiger partial charge is 0.0498 e. The van der Waals surface area contributed by atoms with E-state index in [2.05, 4.69) is 23.8 Å². The van der Waals surface area contributed by atoms with Gasteiger partial charge in [0.25, 0.3) is 0 Å². The predicted octanol–water partition coefficient (Wildman–Crippen LogP) is 3.12. The van der Waals surface area contributed by atoms with Crippen LogP contribution in [0, 0.1) is 6.92 Å². The van der Waals surface area contributed by atoms with Gasteiger partial charge < -0.3 is 10.3 Å². The summed E-state index contributed by atoms with van der Waals surface area (Å²) in [4.78, 5) is 0. The predicted molar refractivity (Wildman–Crippen MR) is 70.1 cm³/mol. The first kappa shape index (κ1) is 11.5. The molecule has 2 nitrogen and oxygen atoms in total. The number of aryl methyl sites for hydroxylation is 2. The van der Waals surface area contributed by atoms with E-state index in [1.54, 1.807) is 0 Å². The lowest BCUT2D eigenvalue weighted by Crippen LogP contribution is -2.08. The van der Waals surface area contributed by atoms with Crippen LogP contribution in [0.3, 0.4) is 0 Å². The molecule has 0 aliphatic rings. The molecule has 0 amide bonds. The summed E-state index contributed by atoms with van der Waals surface area (Å²) in [5.41, 5.74) is 9.31. The molecule has 2 rings (SSSR count). The second kappa shape index (κ2) is 4.48. The van der Waals surface area contributed by atoms with Crippen LogP contribution in [-0.2, 0) is 13.0 Å². The molecule has 0 aliphatic heterocycles. The van der Waals surface area contributed by atoms with Crippen molar-refractivity contribution in [3.05, 3.63) is 34.5 Å². The van der Waals surface area contributed by atoms with Gasteiger partial charge in [-0.05, 0) is 36.6 Å². The fourth-order valence-corrected chi connectivity index (χ4v) is 2.26. The molecule has 0 unspecified atom stereocenters. The Labute approximate surface area is 101 Å². The number of aromatic nitrogens is 1. The van der Waals surface area contributed by atoms with Crippen molar-refractivity contribution in [2.75, 3.05) is 6.54 Å². The molecule has 0 saturated carbocycles. The van der Waals surface area contributed by atoms with Crippen LogP contribution in [0.5, 0.6) is 0 Å². The van der Waals surface area contributed by atoms with Gasteiger partial charge in [0.05, 0.1) is 0 Å². The van der Waals surface area contributed by atoms with Crippen LogP contribution < -0.4 is 5.73 Å². The Morgan fingerprint density at radius 1 is 1.38 bits per heavy atom. The number of benzene rings is 1. The zero-order valence-corrected chi connectivity index (χ0v) is 10.5. The Morgan fingerprint density at radius 3 is 2.75 bits per heavy atom. The average Bonchev–Trinajstić information content (AvgIpc) is 2.58. The van der Waals surface area contributed by atoms with Gasteiger partial charge in [-0.2, -0.15) is 0 Å². The molecule has 0 bridgehead atoms. The van der Waals surface area contributed by atoms with E-state index in [4.69, 9.17) is 17.3 Å². The van der Waals surface area contributed by atoms with Crippen LogP contribution in [0.25, 0.3) is 10.9 Å². The maximum absolute atomic E-state index is 6.17. The highest BCUT2D eigenvalue weighted by Gasteiger charge is 2.09. The third kappa shape index (κ3) is 1.83. The fraction of sp³-hybridized carbons (Fsp3) is 0.385. The van der Waals surface area contributed by atoms with Gasteiger partial charge in [0.15, 0.2) is 0 Å². The SMILES string of the molecule is CCc1cn(CCN)c2cc(Cl)c(C)cc12. The second-order valence-corrected chi connectivity index (χ2v) is 4.52. The van der Waals surface area contributed by atoms with Crippen LogP contribution in [0.15, 0.2) is 18.3 Å². The van der Waals surface area contributed by atoms with E-state index in [9.17, 15) is 0 Å². The quantitative estimate of drug-likeness (QED) is 0.872. The molecule has 0 saturated heterocycles. The van der Waals surface area contributed by atoms with Crippen LogP contribution in [0.2, 0.25) is 5.02 Å². The molecule has 0 spiro atoms. The minimum absolute atomic E-state index is 0.651. The van der Waals surface area contributed by atoms with Crippen LogP contribution in [-0.4, -0.2) is 11.1 Å². The molecule has 0 fully saturated rings. The van der Waals surface area contributed by atoms with Crippen molar-refractivity contribution in [3.8, 4) is 0 Å². The molecule has 1 aromatic carbocycles. The number of nitrogens with zero attached hydrogens (tertiary/aromatic N) is 1. The van der Waals surface area contributed by atoms with Crippen molar-refractivity contribution < 1.29 is 0 Å². The lowest BCUT2D eigenvalue weighted by Gasteiger charge is -2.04. The number of fused-ring (bicyclic) bond motifs is 1. The van der Waals surface area contributed by atoms with Gasteiger partial charge in [0, 0.05) is 35.2 Å². The summed E-state index contributed by atoms with van der Waals surface area (Å²) in [7, 11) is 0. The monoisotopic (exact) mass is 236 g/mol.